The molecule has 0 radical (unpaired) electrons. The van der Waals surface area contributed by atoms with Crippen LogP contribution in [0.15, 0.2) is 43.9 Å². The summed E-state index contributed by atoms with van der Waals surface area (Å²) < 4.78 is 12.3. The van der Waals surface area contributed by atoms with E-state index in [4.69, 9.17) is 14.3 Å². The molecule has 0 atom stereocenters. The van der Waals surface area contributed by atoms with Gasteiger partial charge in [-0.05, 0) is 40.2 Å². The zero-order valence-electron chi connectivity index (χ0n) is 9.02. The predicted octanol–water partition coefficient (Wildman–Crippen LogP) is 4.08. The number of carbonyl (C=O) groups is 1. The lowest BCUT2D eigenvalue weighted by Gasteiger charge is -2.07. The molecule has 0 unspecified atom stereocenters. The Labute approximate surface area is 120 Å². The standard InChI is InChI=1S/C12H8Br2O4/c13-7-1-2-10(9(14)5-7)18-6-11-8(12(15)16)3-4-17-11/h1-5H,6H2,(H,15,16). The van der Waals surface area contributed by atoms with E-state index in [1.165, 1.54) is 12.3 Å². The molecule has 94 valence electrons. The maximum Gasteiger partial charge on any atom is 0.339 e. The van der Waals surface area contributed by atoms with Crippen LogP contribution < -0.4 is 4.74 Å². The molecule has 6 heteroatoms. The number of carboxylic acid groups (broad SMARTS) is 1. The van der Waals surface area contributed by atoms with Crippen LogP contribution in [-0.4, -0.2) is 11.1 Å². The van der Waals surface area contributed by atoms with Crippen molar-refractivity contribution in [3.8, 4) is 5.75 Å². The predicted molar refractivity (Wildman–Crippen MR) is 71.8 cm³/mol. The summed E-state index contributed by atoms with van der Waals surface area (Å²) in [6, 6.07) is 6.85. The molecule has 18 heavy (non-hydrogen) atoms. The van der Waals surface area contributed by atoms with Crippen molar-refractivity contribution in [2.45, 2.75) is 6.61 Å². The fourth-order valence-corrected chi connectivity index (χ4v) is 2.54. The van der Waals surface area contributed by atoms with Crippen molar-refractivity contribution < 1.29 is 19.1 Å². The molecule has 0 saturated heterocycles. The molecule has 0 aliphatic rings. The van der Waals surface area contributed by atoms with E-state index in [1.807, 2.05) is 12.1 Å². The maximum absolute atomic E-state index is 10.9. The van der Waals surface area contributed by atoms with Crippen molar-refractivity contribution in [3.63, 3.8) is 0 Å². The lowest BCUT2D eigenvalue weighted by molar-refractivity contribution is 0.0692. The summed E-state index contributed by atoms with van der Waals surface area (Å²) in [5, 5.41) is 8.91. The van der Waals surface area contributed by atoms with Crippen LogP contribution >= 0.6 is 31.9 Å². The molecule has 0 spiro atoms. The maximum atomic E-state index is 10.9. The number of halogens is 2. The quantitative estimate of drug-likeness (QED) is 0.874. The number of aromatic carboxylic acids is 1. The summed E-state index contributed by atoms with van der Waals surface area (Å²) in [6.07, 6.45) is 1.33. The van der Waals surface area contributed by atoms with E-state index >= 15 is 0 Å². The highest BCUT2D eigenvalue weighted by Gasteiger charge is 2.14. The zero-order valence-corrected chi connectivity index (χ0v) is 12.2. The molecule has 0 amide bonds. The Morgan fingerprint density at radius 2 is 2.11 bits per heavy atom. The SMILES string of the molecule is O=C(O)c1ccoc1COc1ccc(Br)cc1Br. The minimum Gasteiger partial charge on any atom is -0.484 e. The molecular formula is C12H8Br2O4. The van der Waals surface area contributed by atoms with Gasteiger partial charge in [0.25, 0.3) is 0 Å². The van der Waals surface area contributed by atoms with Gasteiger partial charge >= 0.3 is 5.97 Å². The van der Waals surface area contributed by atoms with Gasteiger partial charge in [0.2, 0.25) is 0 Å². The molecule has 0 bridgehead atoms. The molecule has 4 nitrogen and oxygen atoms in total. The van der Waals surface area contributed by atoms with Crippen molar-refractivity contribution in [3.05, 3.63) is 50.8 Å². The minimum atomic E-state index is -1.03. The van der Waals surface area contributed by atoms with E-state index in [2.05, 4.69) is 31.9 Å². The van der Waals surface area contributed by atoms with Gasteiger partial charge in [0.1, 0.15) is 17.9 Å². The number of carboxylic acids is 1. The average molecular weight is 376 g/mol. The second-order valence-electron chi connectivity index (χ2n) is 3.43. The summed E-state index contributed by atoms with van der Waals surface area (Å²) in [5.74, 6) is -0.125. The number of hydrogen-bond acceptors (Lipinski definition) is 3. The highest BCUT2D eigenvalue weighted by molar-refractivity contribution is 9.11. The Kier molecular flexibility index (Phi) is 4.08. The molecular weight excluding hydrogens is 368 g/mol. The van der Waals surface area contributed by atoms with E-state index < -0.39 is 5.97 Å². The third kappa shape index (κ3) is 2.94. The first kappa shape index (κ1) is 13.2. The largest absolute Gasteiger partial charge is 0.484 e. The summed E-state index contributed by atoms with van der Waals surface area (Å²) in [6.45, 7) is 0.0644. The number of benzene rings is 1. The fraction of sp³-hybridized carbons (Fsp3) is 0.0833. The molecule has 2 rings (SSSR count). The van der Waals surface area contributed by atoms with Gasteiger partial charge in [-0.25, -0.2) is 4.79 Å². The van der Waals surface area contributed by atoms with Gasteiger partial charge in [-0.15, -0.1) is 0 Å². The van der Waals surface area contributed by atoms with E-state index in [0.29, 0.717) is 5.75 Å². The van der Waals surface area contributed by atoms with Crippen LogP contribution in [0.3, 0.4) is 0 Å². The lowest BCUT2D eigenvalue weighted by Crippen LogP contribution is -2.02. The van der Waals surface area contributed by atoms with Gasteiger partial charge in [-0.2, -0.15) is 0 Å². The van der Waals surface area contributed by atoms with Crippen molar-refractivity contribution in [2.75, 3.05) is 0 Å². The van der Waals surface area contributed by atoms with Crippen molar-refractivity contribution in [1.29, 1.82) is 0 Å². The van der Waals surface area contributed by atoms with Gasteiger partial charge < -0.3 is 14.3 Å². The van der Waals surface area contributed by atoms with E-state index in [0.717, 1.165) is 8.95 Å². The number of furan rings is 1. The van der Waals surface area contributed by atoms with E-state index in [9.17, 15) is 4.79 Å². The van der Waals surface area contributed by atoms with Gasteiger partial charge in [0.15, 0.2) is 5.76 Å². The Morgan fingerprint density at radius 1 is 1.33 bits per heavy atom. The van der Waals surface area contributed by atoms with Gasteiger partial charge in [0, 0.05) is 4.47 Å². The van der Waals surface area contributed by atoms with Crippen LogP contribution in [0.25, 0.3) is 0 Å². The number of rotatable bonds is 4. The first-order chi connectivity index (χ1) is 8.58. The summed E-state index contributed by atoms with van der Waals surface area (Å²) >= 11 is 6.69. The van der Waals surface area contributed by atoms with E-state index in [1.54, 1.807) is 6.07 Å². The second-order valence-corrected chi connectivity index (χ2v) is 5.20. The molecule has 0 fully saturated rings. The molecule has 1 heterocycles. The van der Waals surface area contributed by atoms with Gasteiger partial charge in [0.05, 0.1) is 10.7 Å². The summed E-state index contributed by atoms with van der Waals surface area (Å²) in [5.41, 5.74) is 0.114. The van der Waals surface area contributed by atoms with Crippen LogP contribution in [-0.2, 0) is 6.61 Å². The first-order valence-electron chi connectivity index (χ1n) is 4.95. The third-order valence-corrected chi connectivity index (χ3v) is 3.34. The zero-order chi connectivity index (χ0) is 13.1. The van der Waals surface area contributed by atoms with Crippen LogP contribution in [0.4, 0.5) is 0 Å². The van der Waals surface area contributed by atoms with Crippen LogP contribution in [0.1, 0.15) is 16.1 Å². The molecule has 0 saturated carbocycles. The van der Waals surface area contributed by atoms with Crippen LogP contribution in [0.5, 0.6) is 5.75 Å². The van der Waals surface area contributed by atoms with Gasteiger partial charge in [-0.3, -0.25) is 0 Å². The molecule has 1 N–H and O–H groups in total. The van der Waals surface area contributed by atoms with E-state index in [-0.39, 0.29) is 17.9 Å². The monoisotopic (exact) mass is 374 g/mol. The molecule has 0 aliphatic carbocycles. The summed E-state index contributed by atoms with van der Waals surface area (Å²) in [7, 11) is 0. The molecule has 0 aliphatic heterocycles. The first-order valence-corrected chi connectivity index (χ1v) is 6.54. The molecule has 1 aromatic heterocycles. The third-order valence-electron chi connectivity index (χ3n) is 2.23. The van der Waals surface area contributed by atoms with Crippen molar-refractivity contribution >= 4 is 37.8 Å². The highest BCUT2D eigenvalue weighted by Crippen LogP contribution is 2.29. The Hall–Kier alpha value is -1.27. The molecule has 2 aromatic rings. The Bertz CT molecular complexity index is 577. The van der Waals surface area contributed by atoms with Crippen LogP contribution in [0, 0.1) is 0 Å². The normalized spacial score (nSPS) is 10.3. The fourth-order valence-electron chi connectivity index (χ4n) is 1.38. The minimum absolute atomic E-state index is 0.0644. The van der Waals surface area contributed by atoms with Gasteiger partial charge in [-0.1, -0.05) is 15.9 Å². The van der Waals surface area contributed by atoms with Crippen molar-refractivity contribution in [1.82, 2.24) is 0 Å². The summed E-state index contributed by atoms with van der Waals surface area (Å²) in [4.78, 5) is 10.9. The highest BCUT2D eigenvalue weighted by atomic mass is 79.9. The average Bonchev–Trinajstić information content (AvgIpc) is 2.76. The molecule has 1 aromatic carbocycles. The lowest BCUT2D eigenvalue weighted by atomic mass is 10.2. The van der Waals surface area contributed by atoms with Crippen molar-refractivity contribution in [2.24, 2.45) is 0 Å². The topological polar surface area (TPSA) is 59.7 Å². The second kappa shape index (κ2) is 5.58. The van der Waals surface area contributed by atoms with Crippen LogP contribution in [0.2, 0.25) is 0 Å². The number of ether oxygens (including phenoxy) is 1. The smallest absolute Gasteiger partial charge is 0.339 e. The Morgan fingerprint density at radius 3 is 2.78 bits per heavy atom. The number of hydrogen-bond donors (Lipinski definition) is 1. The Balaban J connectivity index is 2.11.